The van der Waals surface area contributed by atoms with Crippen LogP contribution in [-0.2, 0) is 0 Å². The molecule has 11 rings (SSSR count). The van der Waals surface area contributed by atoms with Crippen molar-refractivity contribution in [3.8, 4) is 22.5 Å². The van der Waals surface area contributed by atoms with E-state index in [0.717, 1.165) is 12.8 Å². The number of rotatable bonds is 8. The fraction of sp³-hybridized carbons (Fsp3) is 0.172. The van der Waals surface area contributed by atoms with Crippen LogP contribution in [0.5, 0.6) is 0 Å². The van der Waals surface area contributed by atoms with Crippen molar-refractivity contribution >= 4 is 65.4 Å². The normalized spacial score (nSPS) is 12.2. The van der Waals surface area contributed by atoms with E-state index < -0.39 is 0 Å². The fourth-order valence-corrected chi connectivity index (χ4v) is 9.73. The maximum Gasteiger partial charge on any atom is 0.0541 e. The minimum atomic E-state index is 0. The summed E-state index contributed by atoms with van der Waals surface area (Å²) >= 11 is 0. The van der Waals surface area contributed by atoms with E-state index in [2.05, 4.69) is 216 Å². The van der Waals surface area contributed by atoms with E-state index in [4.69, 9.17) is 0 Å². The Kier molecular flexibility index (Phi) is 11.8. The Bertz CT molecular complexity index is 3160. The molecule has 0 radical (unpaired) electrons. The maximum atomic E-state index is 2.61. The summed E-state index contributed by atoms with van der Waals surface area (Å²) in [6.45, 7) is 4.75. The number of para-hydroxylation sites is 5. The summed E-state index contributed by atoms with van der Waals surface area (Å²) in [5, 5.41) is 7.85. The molecule has 61 heavy (non-hydrogen) atoms. The van der Waals surface area contributed by atoms with E-state index >= 15 is 0 Å². The molecule has 2 atom stereocenters. The SMILES string of the molecule is C.C.C.C.CCC(CC(C)c1ccc2c(c1)c1ccccc1n2-c1ccc(-c2ccc(-n3c4ccccc4c4ccccc43)cc2)cc1)n1c2ccccc2c2ccccc21. The highest BCUT2D eigenvalue weighted by atomic mass is 15.0. The third kappa shape index (κ3) is 6.79. The Morgan fingerprint density at radius 3 is 1.13 bits per heavy atom. The number of hydrogen-bond acceptors (Lipinski definition) is 0. The predicted molar refractivity (Wildman–Crippen MR) is 269 cm³/mol. The summed E-state index contributed by atoms with van der Waals surface area (Å²) in [4.78, 5) is 0. The summed E-state index contributed by atoms with van der Waals surface area (Å²) < 4.78 is 7.41. The molecule has 0 bridgehead atoms. The average molecular weight is 798 g/mol. The van der Waals surface area contributed by atoms with Gasteiger partial charge in [0.1, 0.15) is 0 Å². The van der Waals surface area contributed by atoms with Gasteiger partial charge in [-0.15, -0.1) is 0 Å². The lowest BCUT2D eigenvalue weighted by Crippen LogP contribution is -2.11. The van der Waals surface area contributed by atoms with Gasteiger partial charge in [0.2, 0.25) is 0 Å². The molecule has 0 aliphatic rings. The quantitative estimate of drug-likeness (QED) is 0.145. The van der Waals surface area contributed by atoms with Gasteiger partial charge in [-0.1, -0.05) is 165 Å². The Morgan fingerprint density at radius 2 is 0.721 bits per heavy atom. The topological polar surface area (TPSA) is 14.8 Å². The molecule has 11 aromatic rings. The summed E-state index contributed by atoms with van der Waals surface area (Å²) in [7, 11) is 0. The second-order valence-corrected chi connectivity index (χ2v) is 15.7. The second-order valence-electron chi connectivity index (χ2n) is 15.7. The zero-order chi connectivity index (χ0) is 38.0. The zero-order valence-electron chi connectivity index (χ0n) is 32.3. The van der Waals surface area contributed by atoms with Crippen LogP contribution in [0.25, 0.3) is 87.9 Å². The van der Waals surface area contributed by atoms with Gasteiger partial charge in [-0.05, 0) is 102 Å². The Labute approximate surface area is 362 Å². The van der Waals surface area contributed by atoms with Crippen LogP contribution in [0.4, 0.5) is 0 Å². The van der Waals surface area contributed by atoms with E-state index in [-0.39, 0.29) is 29.7 Å². The van der Waals surface area contributed by atoms with Crippen LogP contribution in [0.15, 0.2) is 188 Å². The van der Waals surface area contributed by atoms with Crippen LogP contribution < -0.4 is 0 Å². The number of hydrogen-bond donors (Lipinski definition) is 0. The fourth-order valence-electron chi connectivity index (χ4n) is 9.73. The molecule has 0 saturated carbocycles. The first kappa shape index (κ1) is 42.3. The molecule has 0 amide bonds. The molecule has 0 fully saturated rings. The van der Waals surface area contributed by atoms with Crippen molar-refractivity contribution in [2.75, 3.05) is 0 Å². The van der Waals surface area contributed by atoms with E-state index in [1.165, 1.54) is 93.5 Å². The van der Waals surface area contributed by atoms with Crippen LogP contribution in [-0.4, -0.2) is 13.7 Å². The summed E-state index contributed by atoms with van der Waals surface area (Å²) in [5.41, 5.74) is 13.7. The van der Waals surface area contributed by atoms with Crippen LogP contribution in [0, 0.1) is 0 Å². The molecule has 0 aliphatic carbocycles. The monoisotopic (exact) mass is 797 g/mol. The summed E-state index contributed by atoms with van der Waals surface area (Å²) in [6.07, 6.45) is 2.15. The van der Waals surface area contributed by atoms with Crippen molar-refractivity contribution in [1.82, 2.24) is 13.7 Å². The molecule has 3 nitrogen and oxygen atoms in total. The summed E-state index contributed by atoms with van der Waals surface area (Å²) in [5.74, 6) is 0.391. The Hall–Kier alpha value is -6.84. The maximum absolute atomic E-state index is 2.61. The van der Waals surface area contributed by atoms with Gasteiger partial charge in [0, 0.05) is 60.8 Å². The highest BCUT2D eigenvalue weighted by Crippen LogP contribution is 2.40. The molecule has 0 spiro atoms. The van der Waals surface area contributed by atoms with Gasteiger partial charge in [0.15, 0.2) is 0 Å². The minimum Gasteiger partial charge on any atom is -0.337 e. The molecule has 0 saturated heterocycles. The van der Waals surface area contributed by atoms with E-state index in [0.29, 0.717) is 12.0 Å². The number of fused-ring (bicyclic) bond motifs is 9. The van der Waals surface area contributed by atoms with Crippen LogP contribution >= 0.6 is 0 Å². The van der Waals surface area contributed by atoms with Crippen molar-refractivity contribution in [2.24, 2.45) is 0 Å². The Morgan fingerprint density at radius 1 is 0.377 bits per heavy atom. The van der Waals surface area contributed by atoms with Gasteiger partial charge in [0.05, 0.1) is 22.1 Å². The van der Waals surface area contributed by atoms with E-state index in [9.17, 15) is 0 Å². The first-order chi connectivity index (χ1) is 28.2. The molecular formula is C58H59N3. The standard InChI is InChI=1S/C54H43N3.4CH4/c1-3-40(55-49-19-9-4-14-43(49)44-15-5-10-20-50(44)55)34-36(2)39-28-33-54-48(35-39)47-18-8-13-23-53(47)57(54)42-31-26-38(27-32-42)37-24-29-41(30-25-37)56-51-21-11-6-16-45(51)46-17-7-12-22-52(46)56;;;;/h4-33,35-36,40H,3,34H2,1-2H3;4*1H4. The zero-order valence-corrected chi connectivity index (χ0v) is 32.3. The summed E-state index contributed by atoms with van der Waals surface area (Å²) in [6, 6.07) is 69.7. The first-order valence-electron chi connectivity index (χ1n) is 20.4. The van der Waals surface area contributed by atoms with Gasteiger partial charge in [-0.2, -0.15) is 0 Å². The van der Waals surface area contributed by atoms with Gasteiger partial charge < -0.3 is 13.7 Å². The number of nitrogens with zero attached hydrogens (tertiary/aromatic N) is 3. The lowest BCUT2D eigenvalue weighted by Gasteiger charge is -2.24. The smallest absolute Gasteiger partial charge is 0.0541 e. The molecular weight excluding hydrogens is 739 g/mol. The lowest BCUT2D eigenvalue weighted by molar-refractivity contribution is 0.441. The molecule has 3 heteroatoms. The molecule has 306 valence electrons. The minimum absolute atomic E-state index is 0. The first-order valence-corrected chi connectivity index (χ1v) is 20.4. The van der Waals surface area contributed by atoms with Crippen molar-refractivity contribution in [3.63, 3.8) is 0 Å². The second kappa shape index (κ2) is 17.0. The van der Waals surface area contributed by atoms with Crippen molar-refractivity contribution in [2.45, 2.75) is 68.4 Å². The average Bonchev–Trinajstić information content (AvgIpc) is 3.91. The molecule has 0 aliphatic heterocycles. The third-order valence-corrected chi connectivity index (χ3v) is 12.5. The van der Waals surface area contributed by atoms with Crippen LogP contribution in [0.1, 0.15) is 73.9 Å². The van der Waals surface area contributed by atoms with Gasteiger partial charge in [-0.25, -0.2) is 0 Å². The lowest BCUT2D eigenvalue weighted by atomic mass is 9.91. The number of aromatic nitrogens is 3. The van der Waals surface area contributed by atoms with E-state index in [1.54, 1.807) is 0 Å². The highest BCUT2D eigenvalue weighted by Gasteiger charge is 2.21. The highest BCUT2D eigenvalue weighted by molar-refractivity contribution is 6.11. The molecule has 3 aromatic heterocycles. The molecule has 2 unspecified atom stereocenters. The van der Waals surface area contributed by atoms with Gasteiger partial charge >= 0.3 is 0 Å². The molecule has 3 heterocycles. The van der Waals surface area contributed by atoms with Crippen molar-refractivity contribution in [3.05, 3.63) is 194 Å². The van der Waals surface area contributed by atoms with E-state index in [1.807, 2.05) is 0 Å². The molecule has 0 N–H and O–H groups in total. The van der Waals surface area contributed by atoms with Gasteiger partial charge in [0.25, 0.3) is 0 Å². The van der Waals surface area contributed by atoms with Crippen molar-refractivity contribution < 1.29 is 0 Å². The number of benzene rings is 8. The predicted octanol–water partition coefficient (Wildman–Crippen LogP) is 17.3. The Balaban J connectivity index is 0.00000140. The molecule has 8 aromatic carbocycles. The third-order valence-electron chi connectivity index (χ3n) is 12.5. The van der Waals surface area contributed by atoms with Crippen LogP contribution in [0.2, 0.25) is 0 Å². The van der Waals surface area contributed by atoms with Crippen LogP contribution in [0.3, 0.4) is 0 Å². The largest absolute Gasteiger partial charge is 0.337 e. The van der Waals surface area contributed by atoms with Crippen molar-refractivity contribution in [1.29, 1.82) is 0 Å². The van der Waals surface area contributed by atoms with Gasteiger partial charge in [-0.3, -0.25) is 0 Å².